The van der Waals surface area contributed by atoms with Crippen molar-refractivity contribution in [2.75, 3.05) is 27.2 Å². The zero-order valence-electron chi connectivity index (χ0n) is 14.5. The van der Waals surface area contributed by atoms with Gasteiger partial charge in [-0.3, -0.25) is 4.79 Å². The van der Waals surface area contributed by atoms with Crippen molar-refractivity contribution in [3.8, 4) is 0 Å². The first kappa shape index (κ1) is 19.6. The van der Waals surface area contributed by atoms with E-state index in [-0.39, 0.29) is 16.3 Å². The number of amides is 1. The average Bonchev–Trinajstić information content (AvgIpc) is 2.45. The van der Waals surface area contributed by atoms with Gasteiger partial charge in [-0.15, -0.1) is 0 Å². The summed E-state index contributed by atoms with van der Waals surface area (Å²) in [4.78, 5) is 12.2. The summed E-state index contributed by atoms with van der Waals surface area (Å²) in [5.74, 6) is -0.199. The Morgan fingerprint density at radius 1 is 1.09 bits per heavy atom. The van der Waals surface area contributed by atoms with Crippen molar-refractivity contribution in [3.63, 3.8) is 0 Å². The first-order valence-electron chi connectivity index (χ1n) is 7.60. The molecule has 0 saturated heterocycles. The van der Waals surface area contributed by atoms with Crippen LogP contribution in [-0.2, 0) is 10.0 Å². The molecule has 1 rings (SSSR count). The van der Waals surface area contributed by atoms with Gasteiger partial charge in [0.2, 0.25) is 10.0 Å². The molecule has 0 spiro atoms. The normalized spacial score (nSPS) is 12.4. The fourth-order valence-electron chi connectivity index (χ4n) is 1.84. The van der Waals surface area contributed by atoms with Gasteiger partial charge in [-0.05, 0) is 58.0 Å². The number of benzene rings is 1. The fraction of sp³-hybridized carbons (Fsp3) is 0.562. The molecule has 2 N–H and O–H groups in total. The molecule has 0 aliphatic rings. The zero-order chi connectivity index (χ0) is 17.7. The van der Waals surface area contributed by atoms with Crippen LogP contribution in [0.25, 0.3) is 0 Å². The maximum absolute atomic E-state index is 12.0. The minimum atomic E-state index is -3.46. The van der Waals surface area contributed by atoms with Crippen LogP contribution >= 0.6 is 0 Å². The van der Waals surface area contributed by atoms with Crippen LogP contribution in [0.1, 0.15) is 37.6 Å². The molecule has 0 atom stereocenters. The number of nitrogens with one attached hydrogen (secondary N) is 2. The Bertz CT molecular complexity index is 617. The lowest BCUT2D eigenvalue weighted by Crippen LogP contribution is -2.37. The van der Waals surface area contributed by atoms with E-state index in [2.05, 4.69) is 31.4 Å². The summed E-state index contributed by atoms with van der Waals surface area (Å²) in [7, 11) is -0.517. The lowest BCUT2D eigenvalue weighted by atomic mass is 10.1. The topological polar surface area (TPSA) is 78.5 Å². The van der Waals surface area contributed by atoms with E-state index in [1.54, 1.807) is 0 Å². The number of rotatable bonds is 7. The van der Waals surface area contributed by atoms with Crippen LogP contribution in [0.3, 0.4) is 0 Å². The largest absolute Gasteiger partial charge is 0.352 e. The fourth-order valence-corrected chi connectivity index (χ4v) is 2.75. The van der Waals surface area contributed by atoms with E-state index in [0.717, 1.165) is 17.3 Å². The van der Waals surface area contributed by atoms with E-state index in [1.165, 1.54) is 38.4 Å². The SMILES string of the molecule is CN(C)S(=O)(=O)c1ccc(C(=O)NCCCNC(C)(C)C)cc1. The highest BCUT2D eigenvalue weighted by Gasteiger charge is 2.17. The van der Waals surface area contributed by atoms with Gasteiger partial charge in [-0.1, -0.05) is 0 Å². The molecule has 23 heavy (non-hydrogen) atoms. The number of sulfonamides is 1. The van der Waals surface area contributed by atoms with Gasteiger partial charge in [0, 0.05) is 31.7 Å². The molecule has 0 aliphatic heterocycles. The van der Waals surface area contributed by atoms with Crippen molar-refractivity contribution < 1.29 is 13.2 Å². The van der Waals surface area contributed by atoms with E-state index >= 15 is 0 Å². The first-order valence-corrected chi connectivity index (χ1v) is 9.04. The Labute approximate surface area is 139 Å². The molecule has 6 nitrogen and oxygen atoms in total. The summed E-state index contributed by atoms with van der Waals surface area (Å²) in [6.45, 7) is 7.67. The zero-order valence-corrected chi connectivity index (χ0v) is 15.3. The molecule has 0 unspecified atom stereocenters. The van der Waals surface area contributed by atoms with Gasteiger partial charge in [0.05, 0.1) is 4.90 Å². The van der Waals surface area contributed by atoms with Gasteiger partial charge >= 0.3 is 0 Å². The monoisotopic (exact) mass is 341 g/mol. The van der Waals surface area contributed by atoms with Crippen molar-refractivity contribution in [1.82, 2.24) is 14.9 Å². The van der Waals surface area contributed by atoms with Crippen LogP contribution in [0.2, 0.25) is 0 Å². The molecule has 0 radical (unpaired) electrons. The number of nitrogens with zero attached hydrogens (tertiary/aromatic N) is 1. The smallest absolute Gasteiger partial charge is 0.251 e. The van der Waals surface area contributed by atoms with Crippen LogP contribution in [-0.4, -0.2) is 51.4 Å². The molecular weight excluding hydrogens is 314 g/mol. The third-order valence-electron chi connectivity index (χ3n) is 3.19. The van der Waals surface area contributed by atoms with Crippen LogP contribution in [0, 0.1) is 0 Å². The lowest BCUT2D eigenvalue weighted by Gasteiger charge is -2.20. The van der Waals surface area contributed by atoms with Gasteiger partial charge in [-0.25, -0.2) is 12.7 Å². The molecule has 0 fully saturated rings. The maximum atomic E-state index is 12.0. The molecule has 1 aromatic carbocycles. The summed E-state index contributed by atoms with van der Waals surface area (Å²) in [5, 5.41) is 6.17. The first-order chi connectivity index (χ1) is 10.5. The molecule has 0 saturated carbocycles. The van der Waals surface area contributed by atoms with Gasteiger partial charge in [0.25, 0.3) is 5.91 Å². The molecule has 7 heteroatoms. The second kappa shape index (κ2) is 7.90. The van der Waals surface area contributed by atoms with Gasteiger partial charge in [0.1, 0.15) is 0 Å². The molecule has 130 valence electrons. The second-order valence-electron chi connectivity index (χ2n) is 6.60. The Morgan fingerprint density at radius 2 is 1.65 bits per heavy atom. The van der Waals surface area contributed by atoms with E-state index in [1.807, 2.05) is 0 Å². The Hall–Kier alpha value is -1.44. The van der Waals surface area contributed by atoms with E-state index in [4.69, 9.17) is 0 Å². The number of hydrogen-bond donors (Lipinski definition) is 2. The van der Waals surface area contributed by atoms with Gasteiger partial charge < -0.3 is 10.6 Å². The second-order valence-corrected chi connectivity index (χ2v) is 8.75. The standard InChI is InChI=1S/C16H27N3O3S/c1-16(2,3)18-12-6-11-17-15(20)13-7-9-14(10-8-13)23(21,22)19(4)5/h7-10,18H,6,11-12H2,1-5H3,(H,17,20). The quantitative estimate of drug-likeness (QED) is 0.736. The third-order valence-corrected chi connectivity index (χ3v) is 5.02. The van der Waals surface area contributed by atoms with E-state index < -0.39 is 10.0 Å². The third kappa shape index (κ3) is 6.29. The van der Waals surface area contributed by atoms with E-state index in [0.29, 0.717) is 12.1 Å². The lowest BCUT2D eigenvalue weighted by molar-refractivity contribution is 0.0953. The maximum Gasteiger partial charge on any atom is 0.251 e. The van der Waals surface area contributed by atoms with Gasteiger partial charge in [0.15, 0.2) is 0 Å². The van der Waals surface area contributed by atoms with Crippen molar-refractivity contribution in [2.45, 2.75) is 37.6 Å². The Morgan fingerprint density at radius 3 is 2.13 bits per heavy atom. The van der Waals surface area contributed by atoms with Crippen LogP contribution in [0.5, 0.6) is 0 Å². The minimum absolute atomic E-state index is 0.0672. The van der Waals surface area contributed by atoms with Crippen LogP contribution in [0.4, 0.5) is 0 Å². The predicted molar refractivity (Wildman–Crippen MR) is 92.0 cm³/mol. The number of hydrogen-bond acceptors (Lipinski definition) is 4. The van der Waals surface area contributed by atoms with Crippen LogP contribution < -0.4 is 10.6 Å². The summed E-state index contributed by atoms with van der Waals surface area (Å²) >= 11 is 0. The molecule has 0 aromatic heterocycles. The average molecular weight is 341 g/mol. The van der Waals surface area contributed by atoms with Gasteiger partial charge in [-0.2, -0.15) is 0 Å². The molecular formula is C16H27N3O3S. The highest BCUT2D eigenvalue weighted by atomic mass is 32.2. The molecule has 1 aromatic rings. The predicted octanol–water partition coefficient (Wildman–Crippen LogP) is 1.44. The van der Waals surface area contributed by atoms with Crippen LogP contribution in [0.15, 0.2) is 29.2 Å². The Kier molecular flexibility index (Phi) is 6.73. The molecule has 0 heterocycles. The molecule has 0 aliphatic carbocycles. The summed E-state index contributed by atoms with van der Waals surface area (Å²) < 4.78 is 25.1. The number of carbonyl (C=O) groups is 1. The highest BCUT2D eigenvalue weighted by molar-refractivity contribution is 7.89. The molecule has 0 bridgehead atoms. The van der Waals surface area contributed by atoms with E-state index in [9.17, 15) is 13.2 Å². The summed E-state index contributed by atoms with van der Waals surface area (Å²) in [6.07, 6.45) is 0.829. The highest BCUT2D eigenvalue weighted by Crippen LogP contribution is 2.13. The number of carbonyl (C=O) groups excluding carboxylic acids is 1. The summed E-state index contributed by atoms with van der Waals surface area (Å²) in [5.41, 5.74) is 0.518. The van der Waals surface area contributed by atoms with Crippen molar-refractivity contribution in [1.29, 1.82) is 0 Å². The van der Waals surface area contributed by atoms with Crippen molar-refractivity contribution >= 4 is 15.9 Å². The van der Waals surface area contributed by atoms with Crippen molar-refractivity contribution in [2.24, 2.45) is 0 Å². The molecule has 1 amide bonds. The van der Waals surface area contributed by atoms with Crippen molar-refractivity contribution in [3.05, 3.63) is 29.8 Å². The Balaban J connectivity index is 2.52. The summed E-state index contributed by atoms with van der Waals surface area (Å²) in [6, 6.07) is 5.95. The minimum Gasteiger partial charge on any atom is -0.352 e.